The minimum absolute atomic E-state index is 0.0651. The number of carbonyl (C=O) groups is 1. The lowest BCUT2D eigenvalue weighted by atomic mass is 10.1. The number of pyridine rings is 1. The van der Waals surface area contributed by atoms with Crippen LogP contribution in [0.5, 0.6) is 0 Å². The number of rotatable bonds is 0. The van der Waals surface area contributed by atoms with E-state index in [2.05, 4.69) is 10.3 Å². The van der Waals surface area contributed by atoms with Gasteiger partial charge < -0.3 is 5.32 Å². The Morgan fingerprint density at radius 3 is 3.21 bits per heavy atom. The van der Waals surface area contributed by atoms with E-state index in [9.17, 15) is 4.79 Å². The summed E-state index contributed by atoms with van der Waals surface area (Å²) >= 11 is 0. The largest absolute Gasteiger partial charge is 0.326 e. The monoisotopic (exact) mass is 184 g/mol. The summed E-state index contributed by atoms with van der Waals surface area (Å²) in [5.74, 6) is 0.0651. The molecule has 0 bridgehead atoms. The summed E-state index contributed by atoms with van der Waals surface area (Å²) in [5.41, 5.74) is 2.92. The van der Waals surface area contributed by atoms with Gasteiger partial charge in [-0.25, -0.2) is 0 Å². The number of fused-ring (bicyclic) bond motifs is 2. The Balaban J connectivity index is 2.31. The van der Waals surface area contributed by atoms with Crippen LogP contribution in [0.3, 0.4) is 0 Å². The molecule has 2 heterocycles. The third-order valence-corrected chi connectivity index (χ3v) is 2.45. The van der Waals surface area contributed by atoms with E-state index < -0.39 is 0 Å². The maximum absolute atomic E-state index is 11.1. The first kappa shape index (κ1) is 7.50. The lowest BCUT2D eigenvalue weighted by Gasteiger charge is -2.00. The van der Waals surface area contributed by atoms with Crippen molar-refractivity contribution < 1.29 is 4.79 Å². The highest BCUT2D eigenvalue weighted by Gasteiger charge is 2.17. The van der Waals surface area contributed by atoms with E-state index in [1.807, 2.05) is 24.3 Å². The van der Waals surface area contributed by atoms with Crippen molar-refractivity contribution >= 4 is 22.5 Å². The van der Waals surface area contributed by atoms with Gasteiger partial charge in [0, 0.05) is 17.3 Å². The molecule has 3 rings (SSSR count). The molecule has 0 fully saturated rings. The minimum atomic E-state index is 0.0651. The Hall–Kier alpha value is -1.90. The number of benzene rings is 1. The fraction of sp³-hybridized carbons (Fsp3) is 0.0909. The Bertz CT molecular complexity index is 487. The van der Waals surface area contributed by atoms with Crippen LogP contribution in [0.15, 0.2) is 30.5 Å². The van der Waals surface area contributed by atoms with Gasteiger partial charge in [-0.1, -0.05) is 6.07 Å². The molecule has 1 aliphatic heterocycles. The second-order valence-electron chi connectivity index (χ2n) is 3.43. The van der Waals surface area contributed by atoms with Gasteiger partial charge in [0.15, 0.2) is 0 Å². The molecule has 0 saturated carbocycles. The number of amides is 1. The molecule has 3 heteroatoms. The Morgan fingerprint density at radius 2 is 2.29 bits per heavy atom. The molecular formula is C11H8N2O. The summed E-state index contributed by atoms with van der Waals surface area (Å²) in [5, 5.41) is 3.89. The van der Waals surface area contributed by atoms with Crippen LogP contribution in [0.4, 0.5) is 5.69 Å². The number of carbonyl (C=O) groups excluding carboxylic acids is 1. The van der Waals surface area contributed by atoms with E-state index in [1.165, 1.54) is 0 Å². The van der Waals surface area contributed by atoms with Crippen LogP contribution >= 0.6 is 0 Å². The van der Waals surface area contributed by atoms with E-state index in [-0.39, 0.29) is 5.91 Å². The quantitative estimate of drug-likeness (QED) is 0.677. The average Bonchev–Trinajstić information content (AvgIpc) is 2.53. The maximum atomic E-state index is 11.1. The average molecular weight is 184 g/mol. The third-order valence-electron chi connectivity index (χ3n) is 2.45. The van der Waals surface area contributed by atoms with Gasteiger partial charge in [0.25, 0.3) is 0 Å². The predicted molar refractivity (Wildman–Crippen MR) is 54.1 cm³/mol. The molecule has 3 nitrogen and oxygen atoms in total. The van der Waals surface area contributed by atoms with Crippen LogP contribution < -0.4 is 5.32 Å². The van der Waals surface area contributed by atoms with Crippen LogP contribution in [0, 0.1) is 0 Å². The van der Waals surface area contributed by atoms with Gasteiger partial charge >= 0.3 is 0 Å². The molecule has 1 aromatic carbocycles. The standard InChI is InChI=1S/C11H8N2O/c14-11-6-8-5-9-7(2-1-3-12-9)4-10(8)13-11/h1-5H,6H2,(H,13,14). The molecule has 14 heavy (non-hydrogen) atoms. The van der Waals surface area contributed by atoms with E-state index in [0.29, 0.717) is 6.42 Å². The molecule has 68 valence electrons. The van der Waals surface area contributed by atoms with Gasteiger partial charge in [-0.05, 0) is 23.8 Å². The smallest absolute Gasteiger partial charge is 0.228 e. The van der Waals surface area contributed by atoms with Crippen molar-refractivity contribution in [3.05, 3.63) is 36.0 Å². The van der Waals surface area contributed by atoms with Gasteiger partial charge in [-0.2, -0.15) is 0 Å². The topological polar surface area (TPSA) is 42.0 Å². The second kappa shape index (κ2) is 2.54. The predicted octanol–water partition coefficient (Wildman–Crippen LogP) is 1.73. The highest BCUT2D eigenvalue weighted by molar-refractivity contribution is 6.02. The van der Waals surface area contributed by atoms with Crippen molar-refractivity contribution in [2.75, 3.05) is 5.32 Å². The van der Waals surface area contributed by atoms with Crippen molar-refractivity contribution in [1.29, 1.82) is 0 Å². The molecule has 1 aliphatic rings. The van der Waals surface area contributed by atoms with E-state index in [1.54, 1.807) is 6.20 Å². The van der Waals surface area contributed by atoms with Crippen LogP contribution in [-0.2, 0) is 11.2 Å². The minimum Gasteiger partial charge on any atom is -0.326 e. The van der Waals surface area contributed by atoms with Crippen molar-refractivity contribution in [1.82, 2.24) is 4.98 Å². The Kier molecular flexibility index (Phi) is 1.36. The fourth-order valence-electron chi connectivity index (χ4n) is 1.79. The molecule has 0 spiro atoms. The number of hydrogen-bond acceptors (Lipinski definition) is 2. The van der Waals surface area contributed by atoms with Crippen LogP contribution in [0.25, 0.3) is 10.9 Å². The van der Waals surface area contributed by atoms with Crippen LogP contribution in [0.1, 0.15) is 5.56 Å². The molecule has 1 aromatic heterocycles. The van der Waals surface area contributed by atoms with Crippen LogP contribution in [-0.4, -0.2) is 10.9 Å². The highest BCUT2D eigenvalue weighted by atomic mass is 16.1. The van der Waals surface area contributed by atoms with E-state index in [4.69, 9.17) is 0 Å². The second-order valence-corrected chi connectivity index (χ2v) is 3.43. The lowest BCUT2D eigenvalue weighted by Crippen LogP contribution is -2.03. The van der Waals surface area contributed by atoms with E-state index >= 15 is 0 Å². The normalized spacial score (nSPS) is 14.1. The number of hydrogen-bond donors (Lipinski definition) is 1. The van der Waals surface area contributed by atoms with Crippen molar-refractivity contribution in [2.24, 2.45) is 0 Å². The summed E-state index contributed by atoms with van der Waals surface area (Å²) in [4.78, 5) is 15.4. The number of nitrogens with one attached hydrogen (secondary N) is 1. The summed E-state index contributed by atoms with van der Waals surface area (Å²) in [6, 6.07) is 7.84. The summed E-state index contributed by atoms with van der Waals surface area (Å²) in [7, 11) is 0. The first-order valence-corrected chi connectivity index (χ1v) is 4.50. The Labute approximate surface area is 80.8 Å². The van der Waals surface area contributed by atoms with E-state index in [0.717, 1.165) is 22.2 Å². The number of anilines is 1. The highest BCUT2D eigenvalue weighted by Crippen LogP contribution is 2.27. The number of nitrogens with zero attached hydrogens (tertiary/aromatic N) is 1. The van der Waals surface area contributed by atoms with Crippen molar-refractivity contribution in [3.8, 4) is 0 Å². The zero-order chi connectivity index (χ0) is 9.54. The molecule has 0 aliphatic carbocycles. The maximum Gasteiger partial charge on any atom is 0.228 e. The fourth-order valence-corrected chi connectivity index (χ4v) is 1.79. The summed E-state index contributed by atoms with van der Waals surface area (Å²) in [6.07, 6.45) is 2.24. The first-order chi connectivity index (χ1) is 6.83. The molecule has 0 unspecified atom stereocenters. The van der Waals surface area contributed by atoms with Crippen LogP contribution in [0.2, 0.25) is 0 Å². The number of aromatic nitrogens is 1. The molecule has 0 atom stereocenters. The molecule has 0 saturated heterocycles. The zero-order valence-corrected chi connectivity index (χ0v) is 7.45. The van der Waals surface area contributed by atoms with Crippen molar-refractivity contribution in [3.63, 3.8) is 0 Å². The Morgan fingerprint density at radius 1 is 1.36 bits per heavy atom. The zero-order valence-electron chi connectivity index (χ0n) is 7.45. The van der Waals surface area contributed by atoms with Gasteiger partial charge in [0.05, 0.1) is 11.9 Å². The van der Waals surface area contributed by atoms with Gasteiger partial charge in [-0.3, -0.25) is 9.78 Å². The van der Waals surface area contributed by atoms with Gasteiger partial charge in [-0.15, -0.1) is 0 Å². The molecular weight excluding hydrogens is 176 g/mol. The molecule has 1 N–H and O–H groups in total. The van der Waals surface area contributed by atoms with Gasteiger partial charge in [0.1, 0.15) is 0 Å². The summed E-state index contributed by atoms with van der Waals surface area (Å²) in [6.45, 7) is 0. The third kappa shape index (κ3) is 0.988. The SMILES string of the molecule is O=C1Cc2cc3ncccc3cc2N1. The molecule has 1 amide bonds. The summed E-state index contributed by atoms with van der Waals surface area (Å²) < 4.78 is 0. The van der Waals surface area contributed by atoms with Gasteiger partial charge in [0.2, 0.25) is 5.91 Å². The van der Waals surface area contributed by atoms with Crippen molar-refractivity contribution in [2.45, 2.75) is 6.42 Å². The molecule has 0 radical (unpaired) electrons. The first-order valence-electron chi connectivity index (χ1n) is 4.50. The lowest BCUT2D eigenvalue weighted by molar-refractivity contribution is -0.115. The molecule has 2 aromatic rings.